The fraction of sp³-hybridized carbons (Fsp3) is 0.500. The van der Waals surface area contributed by atoms with Crippen molar-refractivity contribution in [3.63, 3.8) is 0 Å². The molecule has 5 nitrogen and oxygen atoms in total. The molecule has 5 heteroatoms. The van der Waals surface area contributed by atoms with Crippen LogP contribution in [-0.4, -0.2) is 29.8 Å². The van der Waals surface area contributed by atoms with Crippen molar-refractivity contribution in [2.45, 2.75) is 27.2 Å². The third kappa shape index (κ3) is 3.74. The van der Waals surface area contributed by atoms with Gasteiger partial charge in [0.05, 0.1) is 6.54 Å². The number of carbonyl (C=O) groups is 2. The molecule has 1 unspecified atom stereocenters. The van der Waals surface area contributed by atoms with E-state index in [1.165, 1.54) is 0 Å². The number of nitrogens with one attached hydrogen (secondary N) is 1. The van der Waals surface area contributed by atoms with Crippen LogP contribution in [0.15, 0.2) is 18.2 Å². The zero-order chi connectivity index (χ0) is 15.6. The summed E-state index contributed by atoms with van der Waals surface area (Å²) in [7, 11) is 0. The van der Waals surface area contributed by atoms with Crippen LogP contribution in [0.25, 0.3) is 0 Å². The Morgan fingerprint density at radius 3 is 2.76 bits per heavy atom. The van der Waals surface area contributed by atoms with E-state index >= 15 is 0 Å². The highest BCUT2D eigenvalue weighted by Gasteiger charge is 2.32. The Labute approximate surface area is 125 Å². The fourth-order valence-electron chi connectivity index (χ4n) is 2.59. The number of nitrogens with two attached hydrogens (primary N) is 1. The second-order valence-electron chi connectivity index (χ2n) is 6.11. The van der Waals surface area contributed by atoms with Crippen LogP contribution in [0.2, 0.25) is 0 Å². The van der Waals surface area contributed by atoms with Crippen molar-refractivity contribution in [3.8, 4) is 0 Å². The number of amides is 2. The van der Waals surface area contributed by atoms with E-state index in [0.29, 0.717) is 30.5 Å². The van der Waals surface area contributed by atoms with Crippen LogP contribution in [0.4, 0.5) is 11.4 Å². The summed E-state index contributed by atoms with van der Waals surface area (Å²) in [5.74, 6) is 0.711. The number of aryl methyl sites for hydroxylation is 1. The summed E-state index contributed by atoms with van der Waals surface area (Å²) >= 11 is 0. The first kappa shape index (κ1) is 15.4. The molecule has 1 heterocycles. The first-order chi connectivity index (χ1) is 9.86. The first-order valence-corrected chi connectivity index (χ1v) is 7.30. The lowest BCUT2D eigenvalue weighted by molar-refractivity contribution is -0.131. The van der Waals surface area contributed by atoms with E-state index in [-0.39, 0.29) is 18.4 Å². The number of nitrogens with zero attached hydrogens (tertiary/aromatic N) is 1. The average molecular weight is 289 g/mol. The van der Waals surface area contributed by atoms with Gasteiger partial charge < -0.3 is 16.0 Å². The zero-order valence-electron chi connectivity index (χ0n) is 12.8. The number of hydrogen-bond donors (Lipinski definition) is 2. The predicted octanol–water partition coefficient (Wildman–Crippen LogP) is 2.02. The minimum absolute atomic E-state index is 0.0675. The summed E-state index contributed by atoms with van der Waals surface area (Å²) in [6.07, 6.45) is 0.547. The monoisotopic (exact) mass is 289 g/mol. The van der Waals surface area contributed by atoms with Gasteiger partial charge in [-0.2, -0.15) is 0 Å². The number of anilines is 2. The summed E-state index contributed by atoms with van der Waals surface area (Å²) in [5.41, 5.74) is 8.00. The number of benzene rings is 1. The van der Waals surface area contributed by atoms with Crippen molar-refractivity contribution in [2.24, 2.45) is 11.8 Å². The third-order valence-electron chi connectivity index (χ3n) is 4.05. The van der Waals surface area contributed by atoms with Crippen LogP contribution in [0.1, 0.15) is 25.8 Å². The second kappa shape index (κ2) is 6.16. The Morgan fingerprint density at radius 2 is 2.19 bits per heavy atom. The maximum absolute atomic E-state index is 12.1. The Balaban J connectivity index is 1.94. The number of nitrogen functional groups attached to an aromatic ring is 1. The molecule has 0 aromatic heterocycles. The van der Waals surface area contributed by atoms with Gasteiger partial charge in [-0.15, -0.1) is 0 Å². The average Bonchev–Trinajstić information content (AvgIpc) is 2.75. The van der Waals surface area contributed by atoms with Gasteiger partial charge in [0, 0.05) is 24.3 Å². The maximum atomic E-state index is 12.1. The Kier molecular flexibility index (Phi) is 4.50. The smallest absolute Gasteiger partial charge is 0.244 e. The van der Waals surface area contributed by atoms with Crippen molar-refractivity contribution in [3.05, 3.63) is 23.8 Å². The molecule has 0 bridgehead atoms. The molecular formula is C16H23N3O2. The van der Waals surface area contributed by atoms with Crippen molar-refractivity contribution in [1.29, 1.82) is 0 Å². The minimum Gasteiger partial charge on any atom is -0.399 e. The summed E-state index contributed by atoms with van der Waals surface area (Å²) in [6, 6.07) is 5.34. The van der Waals surface area contributed by atoms with Crippen LogP contribution in [0, 0.1) is 18.8 Å². The van der Waals surface area contributed by atoms with E-state index in [0.717, 1.165) is 11.3 Å². The highest BCUT2D eigenvalue weighted by molar-refractivity contribution is 5.95. The van der Waals surface area contributed by atoms with Gasteiger partial charge in [0.15, 0.2) is 0 Å². The van der Waals surface area contributed by atoms with Gasteiger partial charge in [-0.25, -0.2) is 0 Å². The summed E-state index contributed by atoms with van der Waals surface area (Å²) in [5, 5.41) is 2.84. The van der Waals surface area contributed by atoms with Gasteiger partial charge in [0.25, 0.3) is 0 Å². The molecule has 1 saturated heterocycles. The molecule has 2 rings (SSSR count). The number of rotatable bonds is 4. The maximum Gasteiger partial charge on any atom is 0.244 e. The summed E-state index contributed by atoms with van der Waals surface area (Å²) < 4.78 is 0. The van der Waals surface area contributed by atoms with Gasteiger partial charge in [-0.3, -0.25) is 9.59 Å². The van der Waals surface area contributed by atoms with E-state index in [1.54, 1.807) is 17.0 Å². The van der Waals surface area contributed by atoms with Gasteiger partial charge in [0.2, 0.25) is 11.8 Å². The Hall–Kier alpha value is -2.04. The molecule has 1 aromatic rings. The molecule has 1 aliphatic rings. The zero-order valence-corrected chi connectivity index (χ0v) is 12.8. The van der Waals surface area contributed by atoms with E-state index in [1.807, 2.05) is 13.0 Å². The van der Waals surface area contributed by atoms with Gasteiger partial charge in [-0.1, -0.05) is 13.8 Å². The fourth-order valence-corrected chi connectivity index (χ4v) is 2.59. The number of carbonyl (C=O) groups excluding carboxylic acids is 2. The molecular weight excluding hydrogens is 266 g/mol. The quantitative estimate of drug-likeness (QED) is 0.833. The highest BCUT2D eigenvalue weighted by atomic mass is 16.2. The SMILES string of the molecule is Cc1cc(N)ccc1NC(=O)CN1CC(C(C)C)CC1=O. The lowest BCUT2D eigenvalue weighted by Gasteiger charge is -2.18. The van der Waals surface area contributed by atoms with Crippen molar-refractivity contribution >= 4 is 23.2 Å². The number of likely N-dealkylation sites (tertiary alicyclic amines) is 1. The minimum atomic E-state index is -0.166. The van der Waals surface area contributed by atoms with E-state index in [2.05, 4.69) is 19.2 Å². The van der Waals surface area contributed by atoms with Crippen molar-refractivity contribution < 1.29 is 9.59 Å². The van der Waals surface area contributed by atoms with Crippen molar-refractivity contribution in [1.82, 2.24) is 4.90 Å². The van der Waals surface area contributed by atoms with Crippen LogP contribution >= 0.6 is 0 Å². The van der Waals surface area contributed by atoms with Crippen LogP contribution < -0.4 is 11.1 Å². The topological polar surface area (TPSA) is 75.4 Å². The van der Waals surface area contributed by atoms with E-state index < -0.39 is 0 Å². The lowest BCUT2D eigenvalue weighted by Crippen LogP contribution is -2.34. The van der Waals surface area contributed by atoms with E-state index in [9.17, 15) is 9.59 Å². The second-order valence-corrected chi connectivity index (χ2v) is 6.11. The Morgan fingerprint density at radius 1 is 1.48 bits per heavy atom. The molecule has 0 radical (unpaired) electrons. The molecule has 1 aromatic carbocycles. The molecule has 1 fully saturated rings. The predicted molar refractivity (Wildman–Crippen MR) is 83.7 cm³/mol. The molecule has 0 saturated carbocycles. The van der Waals surface area contributed by atoms with Gasteiger partial charge in [-0.05, 0) is 42.5 Å². The molecule has 1 atom stereocenters. The standard InChI is InChI=1S/C16H23N3O2/c1-10(2)12-7-16(21)19(8-12)9-15(20)18-14-5-4-13(17)6-11(14)3/h4-6,10,12H,7-9,17H2,1-3H3,(H,18,20). The van der Waals surface area contributed by atoms with Crippen LogP contribution in [-0.2, 0) is 9.59 Å². The van der Waals surface area contributed by atoms with Gasteiger partial charge in [0.1, 0.15) is 0 Å². The van der Waals surface area contributed by atoms with E-state index in [4.69, 9.17) is 5.73 Å². The first-order valence-electron chi connectivity index (χ1n) is 7.30. The highest BCUT2D eigenvalue weighted by Crippen LogP contribution is 2.24. The molecule has 114 valence electrons. The van der Waals surface area contributed by atoms with Crippen LogP contribution in [0.3, 0.4) is 0 Å². The molecule has 2 amide bonds. The van der Waals surface area contributed by atoms with Crippen molar-refractivity contribution in [2.75, 3.05) is 24.1 Å². The summed E-state index contributed by atoms with van der Waals surface area (Å²) in [4.78, 5) is 25.7. The number of hydrogen-bond acceptors (Lipinski definition) is 3. The molecule has 1 aliphatic heterocycles. The largest absolute Gasteiger partial charge is 0.399 e. The third-order valence-corrected chi connectivity index (χ3v) is 4.05. The molecule has 3 N–H and O–H groups in total. The molecule has 21 heavy (non-hydrogen) atoms. The normalized spacial score (nSPS) is 18.4. The van der Waals surface area contributed by atoms with Gasteiger partial charge >= 0.3 is 0 Å². The molecule has 0 aliphatic carbocycles. The van der Waals surface area contributed by atoms with Crippen LogP contribution in [0.5, 0.6) is 0 Å². The Bertz CT molecular complexity index is 554. The lowest BCUT2D eigenvalue weighted by atomic mass is 9.95. The summed E-state index contributed by atoms with van der Waals surface area (Å²) in [6.45, 7) is 6.90. The molecule has 0 spiro atoms.